The lowest BCUT2D eigenvalue weighted by Gasteiger charge is -2.02. The molecule has 0 aromatic heterocycles. The third-order valence-corrected chi connectivity index (χ3v) is 5.53. The van der Waals surface area contributed by atoms with Gasteiger partial charge in [-0.05, 0) is 71.9 Å². The second-order valence-electron chi connectivity index (χ2n) is 7.53. The van der Waals surface area contributed by atoms with Gasteiger partial charge in [0.2, 0.25) is 0 Å². The summed E-state index contributed by atoms with van der Waals surface area (Å²) in [5.41, 5.74) is 8.73. The maximum absolute atomic E-state index is 2.28. The first-order chi connectivity index (χ1) is 14.6. The zero-order valence-corrected chi connectivity index (χ0v) is 20.2. The van der Waals surface area contributed by atoms with E-state index in [-0.39, 0.29) is 7.43 Å². The van der Waals surface area contributed by atoms with Crippen LogP contribution in [0.15, 0.2) is 72.8 Å². The van der Waals surface area contributed by atoms with Crippen LogP contribution in [-0.2, 0) is 38.5 Å². The summed E-state index contributed by atoms with van der Waals surface area (Å²) in [6.07, 6.45) is 6.89. The van der Waals surface area contributed by atoms with Crippen molar-refractivity contribution in [1.29, 1.82) is 0 Å². The van der Waals surface area contributed by atoms with Crippen LogP contribution in [0.3, 0.4) is 0 Å². The molecule has 3 aromatic carbocycles. The van der Waals surface area contributed by atoms with E-state index in [4.69, 9.17) is 0 Å². The summed E-state index contributed by atoms with van der Waals surface area (Å²) in [6, 6.07) is 26.2. The van der Waals surface area contributed by atoms with Crippen molar-refractivity contribution in [1.82, 2.24) is 0 Å². The summed E-state index contributed by atoms with van der Waals surface area (Å²) in [6.45, 7) is 13.1. The zero-order valence-electron chi connectivity index (χ0n) is 20.2. The van der Waals surface area contributed by atoms with Crippen LogP contribution in [0.1, 0.15) is 82.3 Å². The van der Waals surface area contributed by atoms with Crippen molar-refractivity contribution >= 4 is 0 Å². The van der Waals surface area contributed by atoms with Crippen molar-refractivity contribution in [3.63, 3.8) is 0 Å². The molecule has 0 bridgehead atoms. The van der Waals surface area contributed by atoms with Gasteiger partial charge in [-0.3, -0.25) is 0 Å². The SMILES string of the molecule is C.CCc1ccc(CC)cc1.CCc1cccc(CC)c1.CCc1ccccc1CC. The molecule has 170 valence electrons. The molecule has 0 heterocycles. The fraction of sp³-hybridized carbons (Fsp3) is 0.419. The predicted molar refractivity (Wildman–Crippen MR) is 142 cm³/mol. The molecule has 0 saturated heterocycles. The summed E-state index contributed by atoms with van der Waals surface area (Å²) < 4.78 is 0. The zero-order chi connectivity index (χ0) is 22.2. The van der Waals surface area contributed by atoms with Gasteiger partial charge in [-0.15, -0.1) is 0 Å². The van der Waals surface area contributed by atoms with Crippen molar-refractivity contribution < 1.29 is 0 Å². The summed E-state index contributed by atoms with van der Waals surface area (Å²) in [5, 5.41) is 0. The van der Waals surface area contributed by atoms with Crippen LogP contribution in [0.25, 0.3) is 0 Å². The van der Waals surface area contributed by atoms with Crippen LogP contribution >= 0.6 is 0 Å². The number of benzene rings is 3. The highest BCUT2D eigenvalue weighted by atomic mass is 14.0. The van der Waals surface area contributed by atoms with E-state index in [0.29, 0.717) is 0 Å². The summed E-state index contributed by atoms with van der Waals surface area (Å²) in [4.78, 5) is 0. The lowest BCUT2D eigenvalue weighted by atomic mass is 10.0. The van der Waals surface area contributed by atoms with E-state index in [1.165, 1.54) is 33.4 Å². The molecule has 0 unspecified atom stereocenters. The molecule has 0 aliphatic carbocycles. The highest BCUT2D eigenvalue weighted by Gasteiger charge is 1.94. The van der Waals surface area contributed by atoms with Crippen LogP contribution < -0.4 is 0 Å². The Kier molecular flexibility index (Phi) is 16.0. The van der Waals surface area contributed by atoms with Crippen LogP contribution in [0.2, 0.25) is 0 Å². The van der Waals surface area contributed by atoms with Crippen LogP contribution in [0, 0.1) is 0 Å². The van der Waals surface area contributed by atoms with Crippen LogP contribution in [-0.4, -0.2) is 0 Å². The largest absolute Gasteiger partial charge is 0.0776 e. The number of hydrogen-bond acceptors (Lipinski definition) is 0. The molecule has 0 aliphatic rings. The first-order valence-corrected chi connectivity index (χ1v) is 11.8. The monoisotopic (exact) mass is 418 g/mol. The Hall–Kier alpha value is -2.34. The first kappa shape index (κ1) is 28.7. The Balaban J connectivity index is 0.000000429. The highest BCUT2D eigenvalue weighted by Crippen LogP contribution is 2.09. The van der Waals surface area contributed by atoms with Gasteiger partial charge in [-0.1, -0.05) is 122 Å². The fourth-order valence-corrected chi connectivity index (χ4v) is 3.33. The minimum Gasteiger partial charge on any atom is -0.0776 e. The van der Waals surface area contributed by atoms with Crippen molar-refractivity contribution in [3.8, 4) is 0 Å². The van der Waals surface area contributed by atoms with Gasteiger partial charge in [0.15, 0.2) is 0 Å². The van der Waals surface area contributed by atoms with Gasteiger partial charge in [-0.2, -0.15) is 0 Å². The Labute approximate surface area is 193 Å². The smallest absolute Gasteiger partial charge is 0.0305 e. The molecule has 31 heavy (non-hydrogen) atoms. The molecule has 0 aliphatic heterocycles. The maximum atomic E-state index is 2.28. The Morgan fingerprint density at radius 3 is 1.03 bits per heavy atom. The summed E-state index contributed by atoms with van der Waals surface area (Å²) >= 11 is 0. The van der Waals surface area contributed by atoms with Crippen LogP contribution in [0.4, 0.5) is 0 Å². The maximum Gasteiger partial charge on any atom is -0.0305 e. The topological polar surface area (TPSA) is 0 Å². The quantitative estimate of drug-likeness (QED) is 0.374. The number of rotatable bonds is 6. The highest BCUT2D eigenvalue weighted by molar-refractivity contribution is 5.26. The van der Waals surface area contributed by atoms with E-state index < -0.39 is 0 Å². The Morgan fingerprint density at radius 2 is 0.742 bits per heavy atom. The average molecular weight is 419 g/mol. The number of hydrogen-bond donors (Lipinski definition) is 0. The molecule has 0 N–H and O–H groups in total. The lowest BCUT2D eigenvalue weighted by molar-refractivity contribution is 1.04. The van der Waals surface area contributed by atoms with Crippen LogP contribution in [0.5, 0.6) is 0 Å². The van der Waals surface area contributed by atoms with E-state index in [0.717, 1.165) is 38.5 Å². The van der Waals surface area contributed by atoms with Crippen molar-refractivity contribution in [2.45, 2.75) is 87.5 Å². The summed E-state index contributed by atoms with van der Waals surface area (Å²) in [7, 11) is 0. The molecular formula is C31H46. The molecule has 0 saturated carbocycles. The second-order valence-corrected chi connectivity index (χ2v) is 7.53. The van der Waals surface area contributed by atoms with Gasteiger partial charge in [0.25, 0.3) is 0 Å². The molecule has 0 radical (unpaired) electrons. The van der Waals surface area contributed by atoms with Gasteiger partial charge in [0.1, 0.15) is 0 Å². The molecule has 3 aromatic rings. The third-order valence-electron chi connectivity index (χ3n) is 5.53. The molecule has 3 rings (SSSR count). The molecular weight excluding hydrogens is 372 g/mol. The first-order valence-electron chi connectivity index (χ1n) is 11.8. The number of aryl methyl sites for hydroxylation is 6. The summed E-state index contributed by atoms with van der Waals surface area (Å²) in [5.74, 6) is 0. The minimum absolute atomic E-state index is 0. The molecule has 0 fully saturated rings. The van der Waals surface area contributed by atoms with Gasteiger partial charge in [0, 0.05) is 0 Å². The lowest BCUT2D eigenvalue weighted by Crippen LogP contribution is -1.88. The predicted octanol–water partition coefficient (Wildman–Crippen LogP) is 9.07. The van der Waals surface area contributed by atoms with E-state index in [1.807, 2.05) is 0 Å². The fourth-order valence-electron chi connectivity index (χ4n) is 3.33. The second kappa shape index (κ2) is 17.4. The molecule has 0 atom stereocenters. The standard InChI is InChI=1S/3C10H14.CH4/c1-3-9-5-7-10(4-2)8-6-9;1-3-9-6-5-7-10(4-2)8-9;1-3-9-7-5-6-8-10(9)4-2;/h3*5-8H,3-4H2,1-2H3;1H4. The third kappa shape index (κ3) is 11.0. The van der Waals surface area contributed by atoms with E-state index in [2.05, 4.69) is 114 Å². The van der Waals surface area contributed by atoms with Crippen molar-refractivity contribution in [2.75, 3.05) is 0 Å². The van der Waals surface area contributed by atoms with E-state index in [9.17, 15) is 0 Å². The minimum atomic E-state index is 0. The van der Waals surface area contributed by atoms with Gasteiger partial charge in [0.05, 0.1) is 0 Å². The average Bonchev–Trinajstić information content (AvgIpc) is 2.84. The molecule has 0 heteroatoms. The Morgan fingerprint density at radius 1 is 0.387 bits per heavy atom. The van der Waals surface area contributed by atoms with E-state index in [1.54, 1.807) is 0 Å². The van der Waals surface area contributed by atoms with Gasteiger partial charge < -0.3 is 0 Å². The van der Waals surface area contributed by atoms with Gasteiger partial charge in [-0.25, -0.2) is 0 Å². The molecule has 0 nitrogen and oxygen atoms in total. The van der Waals surface area contributed by atoms with Gasteiger partial charge >= 0.3 is 0 Å². The van der Waals surface area contributed by atoms with Crippen molar-refractivity contribution in [2.24, 2.45) is 0 Å². The molecule has 0 amide bonds. The molecule has 0 spiro atoms. The van der Waals surface area contributed by atoms with E-state index >= 15 is 0 Å². The van der Waals surface area contributed by atoms with Crippen molar-refractivity contribution in [3.05, 3.63) is 106 Å². The Bertz CT molecular complexity index is 746. The normalized spacial score (nSPS) is 9.48.